The van der Waals surface area contributed by atoms with Crippen molar-refractivity contribution in [3.63, 3.8) is 0 Å². The summed E-state index contributed by atoms with van der Waals surface area (Å²) in [4.78, 5) is 20.8. The third-order valence-corrected chi connectivity index (χ3v) is 7.01. The number of nitrogens with one attached hydrogen (secondary N) is 1. The number of aromatic nitrogens is 4. The number of nitrogen functional groups attached to an aromatic ring is 1. The van der Waals surface area contributed by atoms with Crippen LogP contribution in [0.2, 0.25) is 0 Å². The molecule has 1 unspecified atom stereocenters. The van der Waals surface area contributed by atoms with Gasteiger partial charge in [-0.3, -0.25) is 4.79 Å². The Morgan fingerprint density at radius 3 is 2.79 bits per heavy atom. The zero-order valence-corrected chi connectivity index (χ0v) is 18.0. The van der Waals surface area contributed by atoms with E-state index in [1.807, 2.05) is 28.9 Å². The third-order valence-electron chi connectivity index (χ3n) is 7.01. The van der Waals surface area contributed by atoms with E-state index >= 15 is 0 Å². The summed E-state index contributed by atoms with van der Waals surface area (Å²) in [7, 11) is 0. The van der Waals surface area contributed by atoms with E-state index in [9.17, 15) is 4.79 Å². The zero-order chi connectivity index (χ0) is 22.6. The van der Waals surface area contributed by atoms with E-state index in [2.05, 4.69) is 51.9 Å². The van der Waals surface area contributed by atoms with Crippen molar-refractivity contribution in [3.05, 3.63) is 72.7 Å². The molecule has 33 heavy (non-hydrogen) atoms. The SMILES string of the molecule is C=CC(=O)C1NCC12CC(n1nc(C#Cc3cccc4ccccc34)c3c(N)ncnc31)C2. The molecule has 0 radical (unpaired) electrons. The van der Waals surface area contributed by atoms with Crippen LogP contribution in [0.5, 0.6) is 0 Å². The molecule has 1 atom stereocenters. The van der Waals surface area contributed by atoms with Crippen molar-refractivity contribution in [2.75, 3.05) is 12.3 Å². The molecular weight excluding hydrogens is 412 g/mol. The Labute approximate surface area is 190 Å². The van der Waals surface area contributed by atoms with Crippen molar-refractivity contribution in [1.82, 2.24) is 25.1 Å². The smallest absolute Gasteiger partial charge is 0.172 e. The average molecular weight is 435 g/mol. The number of ketones is 1. The van der Waals surface area contributed by atoms with E-state index in [0.717, 1.165) is 35.7 Å². The zero-order valence-electron chi connectivity index (χ0n) is 18.0. The summed E-state index contributed by atoms with van der Waals surface area (Å²) >= 11 is 0. The van der Waals surface area contributed by atoms with Gasteiger partial charge in [0.15, 0.2) is 11.4 Å². The van der Waals surface area contributed by atoms with E-state index in [-0.39, 0.29) is 23.3 Å². The van der Waals surface area contributed by atoms with Crippen molar-refractivity contribution < 1.29 is 4.79 Å². The van der Waals surface area contributed by atoms with Gasteiger partial charge >= 0.3 is 0 Å². The van der Waals surface area contributed by atoms with Gasteiger partial charge < -0.3 is 11.1 Å². The lowest BCUT2D eigenvalue weighted by molar-refractivity contribution is -0.131. The summed E-state index contributed by atoms with van der Waals surface area (Å²) in [5, 5.41) is 11.0. The van der Waals surface area contributed by atoms with Gasteiger partial charge in [0.2, 0.25) is 0 Å². The molecule has 7 nitrogen and oxygen atoms in total. The van der Waals surface area contributed by atoms with Gasteiger partial charge in [0, 0.05) is 17.5 Å². The largest absolute Gasteiger partial charge is 0.383 e. The van der Waals surface area contributed by atoms with Crippen LogP contribution in [0.1, 0.15) is 30.1 Å². The molecule has 2 aliphatic rings. The predicted molar refractivity (Wildman–Crippen MR) is 127 cm³/mol. The predicted octanol–water partition coefficient (Wildman–Crippen LogP) is 3.01. The van der Waals surface area contributed by atoms with Crippen molar-refractivity contribution in [2.24, 2.45) is 5.41 Å². The van der Waals surface area contributed by atoms with Crippen molar-refractivity contribution in [2.45, 2.75) is 24.9 Å². The number of benzene rings is 2. The van der Waals surface area contributed by atoms with E-state index in [0.29, 0.717) is 22.5 Å². The quantitative estimate of drug-likeness (QED) is 0.380. The molecule has 7 heteroatoms. The monoisotopic (exact) mass is 434 g/mol. The van der Waals surface area contributed by atoms with Crippen LogP contribution >= 0.6 is 0 Å². The second-order valence-electron chi connectivity index (χ2n) is 8.87. The number of anilines is 1. The molecule has 3 N–H and O–H groups in total. The molecule has 162 valence electrons. The van der Waals surface area contributed by atoms with Crippen molar-refractivity contribution >= 4 is 33.4 Å². The highest BCUT2D eigenvalue weighted by molar-refractivity contribution is 5.95. The maximum Gasteiger partial charge on any atom is 0.172 e. The number of hydrogen-bond donors (Lipinski definition) is 2. The molecule has 1 aliphatic heterocycles. The highest BCUT2D eigenvalue weighted by Gasteiger charge is 2.58. The molecule has 0 bridgehead atoms. The first kappa shape index (κ1) is 19.6. The highest BCUT2D eigenvalue weighted by atomic mass is 16.1. The van der Waals surface area contributed by atoms with Crippen LogP contribution in [0.4, 0.5) is 5.82 Å². The van der Waals surface area contributed by atoms with Gasteiger partial charge in [0.25, 0.3) is 0 Å². The summed E-state index contributed by atoms with van der Waals surface area (Å²) in [5.41, 5.74) is 8.38. The number of fused-ring (bicyclic) bond motifs is 2. The number of carbonyl (C=O) groups is 1. The Bertz CT molecular complexity index is 1500. The Balaban J connectivity index is 1.38. The molecule has 4 aromatic rings. The van der Waals surface area contributed by atoms with Gasteiger partial charge in [-0.1, -0.05) is 48.9 Å². The van der Waals surface area contributed by atoms with Gasteiger partial charge in [-0.2, -0.15) is 5.10 Å². The fraction of sp³-hybridized carbons (Fsp3) is 0.231. The Morgan fingerprint density at radius 1 is 1.18 bits per heavy atom. The lowest BCUT2D eigenvalue weighted by Gasteiger charge is -2.58. The lowest BCUT2D eigenvalue weighted by Crippen LogP contribution is -2.70. The van der Waals surface area contributed by atoms with Gasteiger partial charge in [-0.25, -0.2) is 14.6 Å². The first-order valence-corrected chi connectivity index (χ1v) is 11.0. The minimum absolute atomic E-state index is 0.0262. The topological polar surface area (TPSA) is 98.7 Å². The van der Waals surface area contributed by atoms with Crippen molar-refractivity contribution in [3.8, 4) is 11.8 Å². The van der Waals surface area contributed by atoms with Crippen LogP contribution in [0, 0.1) is 17.3 Å². The maximum atomic E-state index is 12.2. The van der Waals surface area contributed by atoms with E-state index in [4.69, 9.17) is 10.8 Å². The summed E-state index contributed by atoms with van der Waals surface area (Å²) in [6, 6.07) is 14.2. The Kier molecular flexibility index (Phi) is 4.32. The van der Waals surface area contributed by atoms with Crippen molar-refractivity contribution in [1.29, 1.82) is 0 Å². The molecule has 3 heterocycles. The van der Waals surface area contributed by atoms with E-state index in [1.165, 1.54) is 12.4 Å². The standard InChI is InChI=1S/C26H22N6O/c1-2-21(33)23-26(14-28-23)12-18(13-26)32-25-22(24(27)29-15-30-25)20(31-32)11-10-17-8-5-7-16-6-3-4-9-19(16)17/h2-9,15,18,23,28H,1,12-14H2,(H2,27,29,30). The fourth-order valence-corrected chi connectivity index (χ4v) is 5.24. The highest BCUT2D eigenvalue weighted by Crippen LogP contribution is 2.55. The molecule has 1 saturated carbocycles. The summed E-state index contributed by atoms with van der Waals surface area (Å²) in [6.45, 7) is 4.46. The van der Waals surface area contributed by atoms with E-state index in [1.54, 1.807) is 0 Å². The van der Waals surface area contributed by atoms with Gasteiger partial charge in [0.05, 0.1) is 17.5 Å². The van der Waals surface area contributed by atoms with E-state index < -0.39 is 0 Å². The van der Waals surface area contributed by atoms with Crippen LogP contribution in [0.3, 0.4) is 0 Å². The second-order valence-corrected chi connectivity index (χ2v) is 8.87. The summed E-state index contributed by atoms with van der Waals surface area (Å²) < 4.78 is 1.92. The minimum atomic E-state index is -0.154. The van der Waals surface area contributed by atoms with Gasteiger partial charge in [-0.05, 0) is 41.7 Å². The molecule has 2 fully saturated rings. The summed E-state index contributed by atoms with van der Waals surface area (Å²) in [5.74, 6) is 6.92. The number of rotatable bonds is 3. The first-order valence-electron chi connectivity index (χ1n) is 11.0. The lowest BCUT2D eigenvalue weighted by atomic mass is 9.56. The fourth-order valence-electron chi connectivity index (χ4n) is 5.24. The minimum Gasteiger partial charge on any atom is -0.383 e. The van der Waals surface area contributed by atoms with Crippen LogP contribution in [-0.4, -0.2) is 38.1 Å². The number of hydrogen-bond acceptors (Lipinski definition) is 6. The third kappa shape index (κ3) is 2.95. The Hall–Kier alpha value is -4.02. The molecule has 2 aromatic carbocycles. The molecule has 0 amide bonds. The molecule has 6 rings (SSSR count). The van der Waals surface area contributed by atoms with Crippen LogP contribution in [0.25, 0.3) is 21.8 Å². The Morgan fingerprint density at radius 2 is 2.00 bits per heavy atom. The normalized spacial score (nSPS) is 23.5. The molecule has 1 spiro atoms. The number of carbonyl (C=O) groups excluding carboxylic acids is 1. The molecule has 2 aromatic heterocycles. The second kappa shape index (κ2) is 7.26. The summed E-state index contributed by atoms with van der Waals surface area (Å²) in [6.07, 6.45) is 4.56. The molecule has 1 saturated heterocycles. The number of nitrogens with two attached hydrogens (primary N) is 1. The van der Waals surface area contributed by atoms with Gasteiger partial charge in [-0.15, -0.1) is 0 Å². The number of nitrogens with zero attached hydrogens (tertiary/aromatic N) is 4. The first-order chi connectivity index (χ1) is 16.1. The average Bonchev–Trinajstić information content (AvgIpc) is 3.15. The maximum absolute atomic E-state index is 12.2. The molecule has 1 aliphatic carbocycles. The van der Waals surface area contributed by atoms with Crippen LogP contribution < -0.4 is 11.1 Å². The van der Waals surface area contributed by atoms with Gasteiger partial charge in [0.1, 0.15) is 17.8 Å². The van der Waals surface area contributed by atoms with Crippen LogP contribution in [-0.2, 0) is 4.79 Å². The van der Waals surface area contributed by atoms with Crippen LogP contribution in [0.15, 0.2) is 61.4 Å². The molecular formula is C26H22N6O.